The molecule has 17 heavy (non-hydrogen) atoms. The average molecular weight is 252 g/mol. The van der Waals surface area contributed by atoms with Crippen LogP contribution in [0.4, 0.5) is 11.4 Å². The standard InChI is InChI=1S/C13H20N2OS/c1-9-5-6-10(7-11(9)14)15-12(16)8-17-13(2,3)4/h5-7H,8,14H2,1-4H3,(H,15,16). The first-order chi connectivity index (χ1) is 7.78. The number of hydrogen-bond donors (Lipinski definition) is 2. The molecule has 0 fully saturated rings. The molecule has 0 aliphatic carbocycles. The van der Waals surface area contributed by atoms with E-state index >= 15 is 0 Å². The molecule has 1 aromatic carbocycles. The average Bonchev–Trinajstić information content (AvgIpc) is 2.20. The van der Waals surface area contributed by atoms with Gasteiger partial charge in [0.2, 0.25) is 5.91 Å². The van der Waals surface area contributed by atoms with Gasteiger partial charge >= 0.3 is 0 Å². The fourth-order valence-electron chi connectivity index (χ4n) is 1.20. The van der Waals surface area contributed by atoms with Gasteiger partial charge in [0.25, 0.3) is 0 Å². The van der Waals surface area contributed by atoms with Crippen LogP contribution in [0.2, 0.25) is 0 Å². The van der Waals surface area contributed by atoms with Crippen LogP contribution in [0.3, 0.4) is 0 Å². The van der Waals surface area contributed by atoms with E-state index in [1.54, 1.807) is 17.8 Å². The van der Waals surface area contributed by atoms with Crippen molar-refractivity contribution in [2.75, 3.05) is 16.8 Å². The van der Waals surface area contributed by atoms with Gasteiger partial charge in [-0.15, -0.1) is 11.8 Å². The number of amides is 1. The number of nitrogen functional groups attached to an aromatic ring is 1. The summed E-state index contributed by atoms with van der Waals surface area (Å²) in [6, 6.07) is 5.56. The minimum atomic E-state index is 0.00757. The third-order valence-corrected chi connectivity index (χ3v) is 3.47. The minimum Gasteiger partial charge on any atom is -0.398 e. The Balaban J connectivity index is 2.54. The maximum Gasteiger partial charge on any atom is 0.234 e. The summed E-state index contributed by atoms with van der Waals surface area (Å²) in [7, 11) is 0. The lowest BCUT2D eigenvalue weighted by atomic mass is 10.2. The Morgan fingerprint density at radius 1 is 1.41 bits per heavy atom. The van der Waals surface area contributed by atoms with Crippen LogP contribution in [0.25, 0.3) is 0 Å². The molecule has 0 aliphatic rings. The summed E-state index contributed by atoms with van der Waals surface area (Å²) in [4.78, 5) is 11.7. The second-order valence-electron chi connectivity index (χ2n) is 5.02. The number of nitrogens with two attached hydrogens (primary N) is 1. The number of thioether (sulfide) groups is 1. The lowest BCUT2D eigenvalue weighted by Crippen LogP contribution is -2.19. The van der Waals surface area contributed by atoms with Crippen LogP contribution in [-0.2, 0) is 4.79 Å². The first kappa shape index (κ1) is 13.9. The van der Waals surface area contributed by atoms with Crippen LogP contribution in [-0.4, -0.2) is 16.4 Å². The highest BCUT2D eigenvalue weighted by atomic mass is 32.2. The Kier molecular flexibility index (Phi) is 4.46. The molecule has 0 unspecified atom stereocenters. The van der Waals surface area contributed by atoms with Crippen molar-refractivity contribution in [2.45, 2.75) is 32.4 Å². The summed E-state index contributed by atoms with van der Waals surface area (Å²) in [5.74, 6) is 0.463. The topological polar surface area (TPSA) is 55.1 Å². The van der Waals surface area contributed by atoms with Crippen molar-refractivity contribution in [1.82, 2.24) is 0 Å². The summed E-state index contributed by atoms with van der Waals surface area (Å²) in [6.07, 6.45) is 0. The molecule has 1 amide bonds. The quantitative estimate of drug-likeness (QED) is 0.813. The molecular formula is C13H20N2OS. The lowest BCUT2D eigenvalue weighted by Gasteiger charge is -2.17. The summed E-state index contributed by atoms with van der Waals surface area (Å²) in [6.45, 7) is 8.22. The van der Waals surface area contributed by atoms with E-state index in [-0.39, 0.29) is 10.7 Å². The van der Waals surface area contributed by atoms with Gasteiger partial charge in [-0.2, -0.15) is 0 Å². The SMILES string of the molecule is Cc1ccc(NC(=O)CSC(C)(C)C)cc1N. The summed E-state index contributed by atoms with van der Waals surface area (Å²) in [5, 5.41) is 2.84. The first-order valence-corrected chi connectivity index (χ1v) is 6.56. The normalized spacial score (nSPS) is 11.3. The molecule has 0 saturated heterocycles. The van der Waals surface area contributed by atoms with E-state index in [1.165, 1.54) is 0 Å². The van der Waals surface area contributed by atoms with Gasteiger partial charge in [-0.3, -0.25) is 4.79 Å². The smallest absolute Gasteiger partial charge is 0.234 e. The van der Waals surface area contributed by atoms with Crippen LogP contribution in [0.1, 0.15) is 26.3 Å². The number of rotatable bonds is 3. The van der Waals surface area contributed by atoms with Gasteiger partial charge in [0, 0.05) is 16.1 Å². The van der Waals surface area contributed by atoms with Crippen LogP contribution >= 0.6 is 11.8 Å². The number of carbonyl (C=O) groups excluding carboxylic acids is 1. The molecule has 0 spiro atoms. The highest BCUT2D eigenvalue weighted by Crippen LogP contribution is 2.23. The fraction of sp³-hybridized carbons (Fsp3) is 0.462. The molecule has 3 nitrogen and oxygen atoms in total. The molecule has 1 rings (SSSR count). The van der Waals surface area contributed by atoms with E-state index in [0.29, 0.717) is 11.4 Å². The van der Waals surface area contributed by atoms with Gasteiger partial charge in [0.1, 0.15) is 0 Å². The Labute approximate surface area is 107 Å². The van der Waals surface area contributed by atoms with E-state index in [1.807, 2.05) is 19.1 Å². The molecule has 94 valence electrons. The number of carbonyl (C=O) groups is 1. The maximum atomic E-state index is 11.7. The summed E-state index contributed by atoms with van der Waals surface area (Å²) < 4.78 is 0.101. The Hall–Kier alpha value is -1.16. The lowest BCUT2D eigenvalue weighted by molar-refractivity contribution is -0.113. The predicted molar refractivity (Wildman–Crippen MR) is 76.4 cm³/mol. The van der Waals surface area contributed by atoms with Crippen molar-refractivity contribution in [1.29, 1.82) is 0 Å². The monoisotopic (exact) mass is 252 g/mol. The van der Waals surface area contributed by atoms with Gasteiger partial charge < -0.3 is 11.1 Å². The second kappa shape index (κ2) is 5.45. The van der Waals surface area contributed by atoms with Gasteiger partial charge in [0.05, 0.1) is 5.75 Å². The Morgan fingerprint density at radius 3 is 2.59 bits per heavy atom. The number of aryl methyl sites for hydroxylation is 1. The zero-order valence-corrected chi connectivity index (χ0v) is 11.6. The van der Waals surface area contributed by atoms with E-state index in [0.717, 1.165) is 11.3 Å². The van der Waals surface area contributed by atoms with Gasteiger partial charge in [-0.05, 0) is 24.6 Å². The molecule has 0 radical (unpaired) electrons. The number of nitrogens with one attached hydrogen (secondary N) is 1. The number of anilines is 2. The van der Waals surface area contributed by atoms with Crippen molar-refractivity contribution in [3.63, 3.8) is 0 Å². The van der Waals surface area contributed by atoms with Crippen molar-refractivity contribution in [2.24, 2.45) is 0 Å². The molecule has 0 atom stereocenters. The van der Waals surface area contributed by atoms with E-state index in [9.17, 15) is 4.79 Å². The number of benzene rings is 1. The number of hydrogen-bond acceptors (Lipinski definition) is 3. The molecular weight excluding hydrogens is 232 g/mol. The molecule has 1 aromatic rings. The van der Waals surface area contributed by atoms with E-state index in [4.69, 9.17) is 5.73 Å². The predicted octanol–water partition coefficient (Wildman–Crippen LogP) is 3.05. The van der Waals surface area contributed by atoms with E-state index in [2.05, 4.69) is 26.1 Å². The molecule has 0 saturated carbocycles. The van der Waals surface area contributed by atoms with Crippen LogP contribution < -0.4 is 11.1 Å². The van der Waals surface area contributed by atoms with E-state index < -0.39 is 0 Å². The Morgan fingerprint density at radius 2 is 2.06 bits per heavy atom. The van der Waals surface area contributed by atoms with Crippen molar-refractivity contribution in [3.8, 4) is 0 Å². The van der Waals surface area contributed by atoms with Crippen molar-refractivity contribution >= 4 is 29.0 Å². The molecule has 3 N–H and O–H groups in total. The molecule has 4 heteroatoms. The van der Waals surface area contributed by atoms with Crippen LogP contribution in [0, 0.1) is 6.92 Å². The molecule has 0 bridgehead atoms. The minimum absolute atomic E-state index is 0.00757. The fourth-order valence-corrected chi connectivity index (χ4v) is 1.83. The zero-order valence-electron chi connectivity index (χ0n) is 10.8. The van der Waals surface area contributed by atoms with Crippen molar-refractivity contribution in [3.05, 3.63) is 23.8 Å². The van der Waals surface area contributed by atoms with Gasteiger partial charge in [-0.1, -0.05) is 26.8 Å². The van der Waals surface area contributed by atoms with Gasteiger partial charge in [-0.25, -0.2) is 0 Å². The molecule has 0 aromatic heterocycles. The largest absolute Gasteiger partial charge is 0.398 e. The molecule has 0 aliphatic heterocycles. The van der Waals surface area contributed by atoms with Crippen LogP contribution in [0.5, 0.6) is 0 Å². The Bertz CT molecular complexity index is 410. The third kappa shape index (κ3) is 5.13. The first-order valence-electron chi connectivity index (χ1n) is 5.58. The third-order valence-electron chi connectivity index (χ3n) is 2.20. The zero-order chi connectivity index (χ0) is 13.1. The highest BCUT2D eigenvalue weighted by molar-refractivity contribution is 8.01. The summed E-state index contributed by atoms with van der Waals surface area (Å²) >= 11 is 1.62. The second-order valence-corrected chi connectivity index (χ2v) is 6.82. The maximum absolute atomic E-state index is 11.7. The summed E-state index contributed by atoms with van der Waals surface area (Å²) in [5.41, 5.74) is 8.26. The van der Waals surface area contributed by atoms with Crippen molar-refractivity contribution < 1.29 is 4.79 Å². The van der Waals surface area contributed by atoms with Crippen LogP contribution in [0.15, 0.2) is 18.2 Å². The highest BCUT2D eigenvalue weighted by Gasteiger charge is 2.13. The van der Waals surface area contributed by atoms with Gasteiger partial charge in [0.15, 0.2) is 0 Å². The molecule has 0 heterocycles.